The van der Waals surface area contributed by atoms with Gasteiger partial charge in [0, 0.05) is 6.92 Å². The summed E-state index contributed by atoms with van der Waals surface area (Å²) in [6, 6.07) is 0. The number of rotatable bonds is 2. The number of hydrogen-bond acceptors (Lipinski definition) is 2. The predicted octanol–water partition coefficient (Wildman–Crippen LogP) is 1.57. The van der Waals surface area contributed by atoms with E-state index in [2.05, 4.69) is 0 Å². The highest BCUT2D eigenvalue weighted by Gasteiger charge is 2.15. The molecule has 0 saturated carbocycles. The molecule has 52 valence electrons. The standard InChI is InChI=1S/C6H12O2Si/c1-6(5-7)8-9(2,3)4/h1-4H3. The third-order valence-electron chi connectivity index (χ3n) is 0.603. The molecule has 0 amide bonds. The van der Waals surface area contributed by atoms with Gasteiger partial charge in [0.15, 0.2) is 11.7 Å². The van der Waals surface area contributed by atoms with Crippen LogP contribution in [0.2, 0.25) is 19.6 Å². The van der Waals surface area contributed by atoms with Crippen LogP contribution in [0.4, 0.5) is 0 Å². The van der Waals surface area contributed by atoms with Gasteiger partial charge in [-0.05, 0) is 19.6 Å². The Morgan fingerprint density at radius 3 is 2.00 bits per heavy atom. The molecular formula is C6H12O2Si. The molecule has 0 heterocycles. The molecule has 0 fully saturated rings. The van der Waals surface area contributed by atoms with Crippen molar-refractivity contribution in [1.82, 2.24) is 0 Å². The predicted molar refractivity (Wildman–Crippen MR) is 39.3 cm³/mol. The van der Waals surface area contributed by atoms with Gasteiger partial charge in [-0.15, -0.1) is 0 Å². The first-order valence-electron chi connectivity index (χ1n) is 2.86. The zero-order chi connectivity index (χ0) is 7.49. The Bertz CT molecular complexity index is 140. The van der Waals surface area contributed by atoms with Gasteiger partial charge in [0.25, 0.3) is 0 Å². The van der Waals surface area contributed by atoms with Gasteiger partial charge < -0.3 is 4.43 Å². The highest BCUT2D eigenvalue weighted by molar-refractivity contribution is 6.70. The zero-order valence-electron chi connectivity index (χ0n) is 6.32. The number of allylic oxidation sites excluding steroid dienone is 1. The SMILES string of the molecule is CC(=C=O)O[Si](C)(C)C. The van der Waals surface area contributed by atoms with E-state index in [1.807, 2.05) is 19.6 Å². The van der Waals surface area contributed by atoms with Gasteiger partial charge in [-0.1, -0.05) is 0 Å². The summed E-state index contributed by atoms with van der Waals surface area (Å²) in [4.78, 5) is 9.92. The van der Waals surface area contributed by atoms with Crippen LogP contribution in [0.1, 0.15) is 6.92 Å². The quantitative estimate of drug-likeness (QED) is 0.334. The fourth-order valence-corrected chi connectivity index (χ4v) is 1.44. The van der Waals surface area contributed by atoms with Crippen LogP contribution in [0, 0.1) is 0 Å². The smallest absolute Gasteiger partial charge is 0.242 e. The van der Waals surface area contributed by atoms with Crippen LogP contribution in [-0.2, 0) is 9.22 Å². The average molecular weight is 144 g/mol. The molecule has 9 heavy (non-hydrogen) atoms. The summed E-state index contributed by atoms with van der Waals surface area (Å²) < 4.78 is 5.22. The van der Waals surface area contributed by atoms with Crippen LogP contribution >= 0.6 is 0 Å². The Hall–Kier alpha value is -0.533. The molecule has 3 heteroatoms. The van der Waals surface area contributed by atoms with Gasteiger partial charge in [-0.2, -0.15) is 0 Å². The van der Waals surface area contributed by atoms with Crippen molar-refractivity contribution in [2.24, 2.45) is 0 Å². The summed E-state index contributed by atoms with van der Waals surface area (Å²) in [5.41, 5.74) is 0. The van der Waals surface area contributed by atoms with E-state index in [-0.39, 0.29) is 0 Å². The lowest BCUT2D eigenvalue weighted by Crippen LogP contribution is -2.24. The van der Waals surface area contributed by atoms with Crippen LogP contribution in [-0.4, -0.2) is 14.3 Å². The molecule has 0 spiro atoms. The Kier molecular flexibility index (Phi) is 2.68. The maximum absolute atomic E-state index is 9.92. The fraction of sp³-hybridized carbons (Fsp3) is 0.667. The second kappa shape index (κ2) is 2.85. The summed E-state index contributed by atoms with van der Waals surface area (Å²) in [6.07, 6.45) is 0. The monoisotopic (exact) mass is 144 g/mol. The van der Waals surface area contributed by atoms with E-state index in [0.29, 0.717) is 5.76 Å². The normalized spacial score (nSPS) is 10.2. The van der Waals surface area contributed by atoms with Crippen molar-refractivity contribution >= 4 is 14.3 Å². The number of hydrogen-bond donors (Lipinski definition) is 0. The molecule has 0 aromatic rings. The molecule has 0 bridgehead atoms. The van der Waals surface area contributed by atoms with Gasteiger partial charge in [0.1, 0.15) is 0 Å². The van der Waals surface area contributed by atoms with Gasteiger partial charge in [-0.25, -0.2) is 4.79 Å². The minimum atomic E-state index is -1.54. The van der Waals surface area contributed by atoms with E-state index < -0.39 is 8.32 Å². The second-order valence-corrected chi connectivity index (χ2v) is 7.30. The topological polar surface area (TPSA) is 26.3 Å². The molecule has 0 aromatic heterocycles. The molecule has 0 aliphatic carbocycles. The van der Waals surface area contributed by atoms with Crippen molar-refractivity contribution in [3.05, 3.63) is 5.76 Å². The molecule has 0 aliphatic rings. The van der Waals surface area contributed by atoms with E-state index in [1.165, 1.54) is 0 Å². The lowest BCUT2D eigenvalue weighted by atomic mass is 10.7. The summed E-state index contributed by atoms with van der Waals surface area (Å²) >= 11 is 0. The molecular weight excluding hydrogens is 132 g/mol. The zero-order valence-corrected chi connectivity index (χ0v) is 7.32. The highest BCUT2D eigenvalue weighted by Crippen LogP contribution is 2.06. The summed E-state index contributed by atoms with van der Waals surface area (Å²) in [5.74, 6) is 2.07. The van der Waals surface area contributed by atoms with Crippen molar-refractivity contribution in [3.63, 3.8) is 0 Å². The van der Waals surface area contributed by atoms with Crippen LogP contribution in [0.25, 0.3) is 0 Å². The maximum Gasteiger partial charge on any atom is 0.242 e. The van der Waals surface area contributed by atoms with Crippen molar-refractivity contribution in [1.29, 1.82) is 0 Å². The Balaban J connectivity index is 3.89. The van der Waals surface area contributed by atoms with Crippen molar-refractivity contribution in [2.45, 2.75) is 26.6 Å². The summed E-state index contributed by atoms with van der Waals surface area (Å²) in [5, 5.41) is 0. The van der Waals surface area contributed by atoms with E-state index in [1.54, 1.807) is 12.9 Å². The number of carbonyl (C=O) groups excluding carboxylic acids is 1. The lowest BCUT2D eigenvalue weighted by Gasteiger charge is -2.16. The fourth-order valence-electron chi connectivity index (χ4n) is 0.480. The molecule has 0 N–H and O–H groups in total. The van der Waals surface area contributed by atoms with Crippen LogP contribution in [0.3, 0.4) is 0 Å². The maximum atomic E-state index is 9.92. The molecule has 2 nitrogen and oxygen atoms in total. The minimum absolute atomic E-state index is 0.370. The summed E-state index contributed by atoms with van der Waals surface area (Å²) in [7, 11) is -1.54. The largest absolute Gasteiger partial charge is 0.540 e. The molecule has 0 radical (unpaired) electrons. The van der Waals surface area contributed by atoms with E-state index >= 15 is 0 Å². The lowest BCUT2D eigenvalue weighted by molar-refractivity contribution is 0.424. The van der Waals surface area contributed by atoms with Crippen molar-refractivity contribution < 1.29 is 9.22 Å². The first kappa shape index (κ1) is 8.47. The molecule has 0 rings (SSSR count). The molecule has 0 aromatic carbocycles. The van der Waals surface area contributed by atoms with Gasteiger partial charge in [0.2, 0.25) is 8.32 Å². The van der Waals surface area contributed by atoms with Crippen molar-refractivity contribution in [2.75, 3.05) is 0 Å². The van der Waals surface area contributed by atoms with Crippen LogP contribution < -0.4 is 0 Å². The average Bonchev–Trinajstić information content (AvgIpc) is 1.62. The molecule has 0 atom stereocenters. The third kappa shape index (κ3) is 5.34. The Morgan fingerprint density at radius 1 is 1.44 bits per heavy atom. The van der Waals surface area contributed by atoms with Crippen molar-refractivity contribution in [3.8, 4) is 0 Å². The molecule has 0 saturated heterocycles. The van der Waals surface area contributed by atoms with Gasteiger partial charge in [0.05, 0.1) is 0 Å². The highest BCUT2D eigenvalue weighted by atomic mass is 28.4. The third-order valence-corrected chi connectivity index (χ3v) is 1.52. The van der Waals surface area contributed by atoms with E-state index in [0.717, 1.165) is 0 Å². The van der Waals surface area contributed by atoms with Gasteiger partial charge in [-0.3, -0.25) is 0 Å². The summed E-state index contributed by atoms with van der Waals surface area (Å²) in [6.45, 7) is 7.70. The van der Waals surface area contributed by atoms with E-state index in [9.17, 15) is 4.79 Å². The Morgan fingerprint density at radius 2 is 1.89 bits per heavy atom. The Labute approximate surface area is 56.7 Å². The van der Waals surface area contributed by atoms with Crippen LogP contribution in [0.15, 0.2) is 5.76 Å². The molecule has 0 aliphatic heterocycles. The minimum Gasteiger partial charge on any atom is -0.540 e. The van der Waals surface area contributed by atoms with E-state index in [4.69, 9.17) is 4.43 Å². The first-order chi connectivity index (χ1) is 3.95. The van der Waals surface area contributed by atoms with Gasteiger partial charge >= 0.3 is 0 Å². The first-order valence-corrected chi connectivity index (χ1v) is 6.27. The molecule has 0 unspecified atom stereocenters. The van der Waals surface area contributed by atoms with Crippen LogP contribution in [0.5, 0.6) is 0 Å². The second-order valence-electron chi connectivity index (χ2n) is 2.87.